The van der Waals surface area contributed by atoms with Gasteiger partial charge in [0.2, 0.25) is 5.91 Å². The zero-order valence-electron chi connectivity index (χ0n) is 10.9. The van der Waals surface area contributed by atoms with Crippen molar-refractivity contribution < 1.29 is 21.7 Å². The topological polar surface area (TPSA) is 29.1 Å². The number of nitrogens with one attached hydrogen (secondary N) is 1. The van der Waals surface area contributed by atoms with Crippen molar-refractivity contribution in [1.29, 1.82) is 0 Å². The maximum absolute atomic E-state index is 11.7. The summed E-state index contributed by atoms with van der Waals surface area (Å²) in [5, 5.41) is 2.98. The lowest BCUT2D eigenvalue weighted by Crippen LogP contribution is -3.00. The van der Waals surface area contributed by atoms with E-state index in [1.54, 1.807) is 0 Å². The fourth-order valence-electron chi connectivity index (χ4n) is 0.905. The molecule has 0 aromatic rings. The highest BCUT2D eigenvalue weighted by Crippen LogP contribution is 2.19. The van der Waals surface area contributed by atoms with Crippen molar-refractivity contribution >= 4 is 5.91 Å². The molecule has 1 N–H and O–H groups in total. The Hall–Kier alpha value is -0.280. The molecule has 0 bridgehead atoms. The summed E-state index contributed by atoms with van der Waals surface area (Å²) in [5.41, 5.74) is -0.231. The van der Waals surface area contributed by atoms with E-state index in [0.717, 1.165) is 24.0 Å². The summed E-state index contributed by atoms with van der Waals surface area (Å²) in [6, 6.07) is 0. The summed E-state index contributed by atoms with van der Waals surface area (Å²) in [6.07, 6.45) is 0.878. The number of carbonyl (C=O) groups excluding carboxylic acids is 1. The average molecular weight is 269 g/mol. The van der Waals surface area contributed by atoms with Crippen molar-refractivity contribution in [2.45, 2.75) is 42.0 Å². The standard InChI is InChI=1S/C11H24N2O.2CH4.ClH/c1-7-11(2,3)10(14)12-8-9-13(4,5)6;;;/h7-9H2,1-6H3;2*1H4;1H. The number of halogens is 1. The van der Waals surface area contributed by atoms with Crippen LogP contribution in [0.1, 0.15) is 42.0 Å². The van der Waals surface area contributed by atoms with Gasteiger partial charge in [-0.1, -0.05) is 35.6 Å². The Kier molecular flexibility index (Phi) is 14.6. The van der Waals surface area contributed by atoms with Crippen LogP contribution in [0.3, 0.4) is 0 Å². The molecule has 0 rings (SSSR count). The lowest BCUT2D eigenvalue weighted by molar-refractivity contribution is -0.869. The molecule has 108 valence electrons. The maximum atomic E-state index is 11.7. The maximum Gasteiger partial charge on any atom is 0.225 e. The largest absolute Gasteiger partial charge is 1.00 e. The monoisotopic (exact) mass is 268 g/mol. The molecule has 0 spiro atoms. The minimum Gasteiger partial charge on any atom is -1.00 e. The first-order chi connectivity index (χ1) is 6.19. The first-order valence-corrected chi connectivity index (χ1v) is 5.28. The number of hydrogen-bond donors (Lipinski definition) is 1. The van der Waals surface area contributed by atoms with Crippen LogP contribution in [0, 0.1) is 5.41 Å². The number of likely N-dealkylation sites (N-methyl/N-ethyl adjacent to an activating group) is 1. The van der Waals surface area contributed by atoms with Gasteiger partial charge in [0.05, 0.1) is 34.2 Å². The Balaban J connectivity index is -0.000000282. The molecular weight excluding hydrogens is 236 g/mol. The van der Waals surface area contributed by atoms with Crippen LogP contribution in [0.2, 0.25) is 0 Å². The third-order valence-electron chi connectivity index (χ3n) is 2.57. The average Bonchev–Trinajstić information content (AvgIpc) is 2.02. The molecule has 3 nitrogen and oxygen atoms in total. The number of nitrogens with zero attached hydrogens (tertiary/aromatic N) is 1. The van der Waals surface area contributed by atoms with Crippen molar-refractivity contribution in [3.8, 4) is 0 Å². The second-order valence-corrected chi connectivity index (χ2v) is 5.51. The Bertz CT molecular complexity index is 198. The molecule has 0 aliphatic carbocycles. The van der Waals surface area contributed by atoms with Gasteiger partial charge in [-0.2, -0.15) is 0 Å². The summed E-state index contributed by atoms with van der Waals surface area (Å²) >= 11 is 0. The normalized spacial score (nSPS) is 10.5. The van der Waals surface area contributed by atoms with Gasteiger partial charge in [-0.3, -0.25) is 4.79 Å². The van der Waals surface area contributed by atoms with Crippen molar-refractivity contribution in [1.82, 2.24) is 5.32 Å². The molecule has 0 aromatic heterocycles. The van der Waals surface area contributed by atoms with Crippen LogP contribution >= 0.6 is 0 Å². The number of amides is 1. The first kappa shape index (κ1) is 25.5. The Labute approximate surface area is 115 Å². The van der Waals surface area contributed by atoms with Crippen LogP contribution in [0.5, 0.6) is 0 Å². The van der Waals surface area contributed by atoms with Crippen LogP contribution in [-0.2, 0) is 4.79 Å². The second kappa shape index (κ2) is 9.72. The molecule has 0 fully saturated rings. The molecule has 0 aliphatic heterocycles. The SMILES string of the molecule is C.C.CCC(C)(C)C(=O)NCC[N+](C)(C)C.[Cl-]. The fraction of sp³-hybridized carbons (Fsp3) is 0.923. The van der Waals surface area contributed by atoms with E-state index in [1.807, 2.05) is 20.8 Å². The molecule has 0 heterocycles. The van der Waals surface area contributed by atoms with Gasteiger partial charge in [0.1, 0.15) is 0 Å². The van der Waals surface area contributed by atoms with Crippen LogP contribution in [0.4, 0.5) is 0 Å². The van der Waals surface area contributed by atoms with Gasteiger partial charge in [-0.25, -0.2) is 0 Å². The summed E-state index contributed by atoms with van der Waals surface area (Å²) < 4.78 is 0.882. The predicted octanol–water partition coefficient (Wildman–Crippen LogP) is -0.479. The quantitative estimate of drug-likeness (QED) is 0.671. The summed E-state index contributed by atoms with van der Waals surface area (Å²) in [4.78, 5) is 11.7. The highest BCUT2D eigenvalue weighted by atomic mass is 35.5. The summed E-state index contributed by atoms with van der Waals surface area (Å²) in [5.74, 6) is 0.161. The third-order valence-corrected chi connectivity index (χ3v) is 2.57. The highest BCUT2D eigenvalue weighted by molar-refractivity contribution is 5.81. The third kappa shape index (κ3) is 12.0. The van der Waals surface area contributed by atoms with E-state index in [1.165, 1.54) is 0 Å². The van der Waals surface area contributed by atoms with Crippen LogP contribution in [-0.4, -0.2) is 44.6 Å². The summed E-state index contributed by atoms with van der Waals surface area (Å²) in [7, 11) is 6.37. The lowest BCUT2D eigenvalue weighted by Gasteiger charge is -2.26. The van der Waals surface area contributed by atoms with Gasteiger partial charge in [0, 0.05) is 5.41 Å². The molecule has 0 aliphatic rings. The molecule has 0 atom stereocenters. The molecule has 17 heavy (non-hydrogen) atoms. The highest BCUT2D eigenvalue weighted by Gasteiger charge is 2.24. The Morgan fingerprint density at radius 2 is 1.59 bits per heavy atom. The van der Waals surface area contributed by atoms with Crippen molar-refractivity contribution in [2.75, 3.05) is 34.2 Å². The van der Waals surface area contributed by atoms with Crippen LogP contribution < -0.4 is 17.7 Å². The number of rotatable bonds is 5. The van der Waals surface area contributed by atoms with Gasteiger partial charge in [0.15, 0.2) is 0 Å². The van der Waals surface area contributed by atoms with Crippen molar-refractivity contribution in [3.63, 3.8) is 0 Å². The first-order valence-electron chi connectivity index (χ1n) is 5.28. The van der Waals surface area contributed by atoms with Crippen LogP contribution in [0.25, 0.3) is 0 Å². The van der Waals surface area contributed by atoms with E-state index in [0.29, 0.717) is 0 Å². The van der Waals surface area contributed by atoms with E-state index in [4.69, 9.17) is 0 Å². The van der Waals surface area contributed by atoms with E-state index < -0.39 is 0 Å². The molecule has 0 saturated heterocycles. The number of carbonyl (C=O) groups is 1. The second-order valence-electron chi connectivity index (χ2n) is 5.51. The van der Waals surface area contributed by atoms with Gasteiger partial charge >= 0.3 is 0 Å². The zero-order chi connectivity index (χ0) is 11.4. The van der Waals surface area contributed by atoms with Gasteiger partial charge in [-0.05, 0) is 6.42 Å². The van der Waals surface area contributed by atoms with Crippen molar-refractivity contribution in [3.05, 3.63) is 0 Å². The van der Waals surface area contributed by atoms with Gasteiger partial charge < -0.3 is 22.2 Å². The molecule has 0 radical (unpaired) electrons. The van der Waals surface area contributed by atoms with E-state index in [9.17, 15) is 4.79 Å². The zero-order valence-corrected chi connectivity index (χ0v) is 11.6. The minimum absolute atomic E-state index is 0. The lowest BCUT2D eigenvalue weighted by atomic mass is 9.89. The minimum atomic E-state index is -0.231. The molecule has 1 amide bonds. The number of quaternary nitrogens is 1. The Morgan fingerprint density at radius 3 is 1.88 bits per heavy atom. The molecule has 0 aromatic carbocycles. The smallest absolute Gasteiger partial charge is 0.225 e. The predicted molar refractivity (Wildman–Crippen MR) is 73.4 cm³/mol. The van der Waals surface area contributed by atoms with E-state index >= 15 is 0 Å². The van der Waals surface area contributed by atoms with E-state index in [-0.39, 0.29) is 38.6 Å². The van der Waals surface area contributed by atoms with Gasteiger partial charge in [-0.15, -0.1) is 0 Å². The van der Waals surface area contributed by atoms with Crippen LogP contribution in [0.15, 0.2) is 0 Å². The van der Waals surface area contributed by atoms with Gasteiger partial charge in [0.25, 0.3) is 0 Å². The van der Waals surface area contributed by atoms with E-state index in [2.05, 4.69) is 26.5 Å². The number of hydrogen-bond acceptors (Lipinski definition) is 1. The van der Waals surface area contributed by atoms with Crippen molar-refractivity contribution in [2.24, 2.45) is 5.41 Å². The molecular formula is C13H33ClN2O. The molecule has 0 unspecified atom stereocenters. The molecule has 0 saturated carbocycles. The molecule has 4 heteroatoms. The fourth-order valence-corrected chi connectivity index (χ4v) is 0.905. The Morgan fingerprint density at radius 1 is 1.18 bits per heavy atom. The summed E-state index contributed by atoms with van der Waals surface area (Å²) in [6.45, 7) is 7.72.